The largest absolute Gasteiger partial charge is 0.497 e. The summed E-state index contributed by atoms with van der Waals surface area (Å²) in [5.41, 5.74) is 4.57. The van der Waals surface area contributed by atoms with Gasteiger partial charge in [0.05, 0.1) is 17.1 Å². The fourth-order valence-electron chi connectivity index (χ4n) is 4.87. The Morgan fingerprint density at radius 1 is 1.08 bits per heavy atom. The number of aromatic nitrogens is 2. The summed E-state index contributed by atoms with van der Waals surface area (Å²) in [5, 5.41) is 3.52. The SMILES string of the molecule is CCN(CC)c1ccc(Nc2nc(N3CCN(c4ccc(OC)cc4)C(C)(C)C3)ncc2Br)c(C)c1. The monoisotopic (exact) mass is 552 g/mol. The molecule has 0 amide bonds. The Balaban J connectivity index is 1.51. The van der Waals surface area contributed by atoms with E-state index in [0.29, 0.717) is 0 Å². The summed E-state index contributed by atoms with van der Waals surface area (Å²) in [7, 11) is 1.70. The topological polar surface area (TPSA) is 56.8 Å². The van der Waals surface area contributed by atoms with Crippen molar-refractivity contribution in [2.45, 2.75) is 40.2 Å². The first-order valence-electron chi connectivity index (χ1n) is 12.6. The molecule has 1 aliphatic heterocycles. The number of aryl methyl sites for hydroxylation is 1. The summed E-state index contributed by atoms with van der Waals surface area (Å²) in [6.07, 6.45) is 1.84. The molecule has 1 aliphatic rings. The molecule has 1 N–H and O–H groups in total. The van der Waals surface area contributed by atoms with E-state index in [1.807, 2.05) is 18.3 Å². The van der Waals surface area contributed by atoms with Crippen molar-refractivity contribution in [2.24, 2.45) is 0 Å². The molecule has 4 rings (SSSR count). The number of methoxy groups -OCH3 is 1. The molecule has 0 atom stereocenters. The minimum absolute atomic E-state index is 0.0896. The van der Waals surface area contributed by atoms with E-state index in [9.17, 15) is 0 Å². The first-order valence-corrected chi connectivity index (χ1v) is 13.4. The van der Waals surface area contributed by atoms with Crippen LogP contribution >= 0.6 is 15.9 Å². The lowest BCUT2D eigenvalue weighted by atomic mass is 9.98. The van der Waals surface area contributed by atoms with Crippen LogP contribution in [0.4, 0.5) is 28.8 Å². The molecule has 1 saturated heterocycles. The smallest absolute Gasteiger partial charge is 0.227 e. The van der Waals surface area contributed by atoms with Crippen LogP contribution in [0.25, 0.3) is 0 Å². The molecule has 0 radical (unpaired) electrons. The van der Waals surface area contributed by atoms with Crippen molar-refractivity contribution in [2.75, 3.05) is 59.9 Å². The van der Waals surface area contributed by atoms with Gasteiger partial charge in [0.1, 0.15) is 11.6 Å². The van der Waals surface area contributed by atoms with Crippen molar-refractivity contribution in [3.8, 4) is 5.75 Å². The number of anilines is 5. The predicted molar refractivity (Wildman–Crippen MR) is 154 cm³/mol. The number of nitrogens with one attached hydrogen (secondary N) is 1. The summed E-state index contributed by atoms with van der Waals surface area (Å²) in [6.45, 7) is 15.6. The number of benzene rings is 2. The van der Waals surface area contributed by atoms with E-state index < -0.39 is 0 Å². The molecular formula is C28H37BrN6O. The maximum Gasteiger partial charge on any atom is 0.227 e. The Hall–Kier alpha value is -3.00. The number of hydrogen-bond acceptors (Lipinski definition) is 7. The molecule has 0 aliphatic carbocycles. The first-order chi connectivity index (χ1) is 17.2. The van der Waals surface area contributed by atoms with Crippen molar-refractivity contribution in [1.82, 2.24) is 9.97 Å². The Morgan fingerprint density at radius 3 is 2.42 bits per heavy atom. The van der Waals surface area contributed by atoms with Gasteiger partial charge in [-0.1, -0.05) is 0 Å². The summed E-state index contributed by atoms with van der Waals surface area (Å²) < 4.78 is 6.17. The summed E-state index contributed by atoms with van der Waals surface area (Å²) in [6, 6.07) is 14.8. The summed E-state index contributed by atoms with van der Waals surface area (Å²) in [4.78, 5) is 16.6. The van der Waals surface area contributed by atoms with E-state index in [-0.39, 0.29) is 5.54 Å². The summed E-state index contributed by atoms with van der Waals surface area (Å²) >= 11 is 3.64. The lowest BCUT2D eigenvalue weighted by Gasteiger charge is -2.48. The minimum Gasteiger partial charge on any atom is -0.497 e. The van der Waals surface area contributed by atoms with Crippen molar-refractivity contribution < 1.29 is 4.74 Å². The van der Waals surface area contributed by atoms with Gasteiger partial charge in [0, 0.05) is 56.0 Å². The molecule has 192 valence electrons. The average Bonchev–Trinajstić information content (AvgIpc) is 2.87. The second-order valence-corrected chi connectivity index (χ2v) is 10.6. The first kappa shape index (κ1) is 26.1. The fraction of sp³-hybridized carbons (Fsp3) is 0.429. The number of piperazine rings is 1. The Kier molecular flexibility index (Phi) is 7.93. The van der Waals surface area contributed by atoms with Crippen LogP contribution in [0.2, 0.25) is 0 Å². The van der Waals surface area contributed by atoms with Crippen molar-refractivity contribution in [3.05, 3.63) is 58.7 Å². The van der Waals surface area contributed by atoms with Gasteiger partial charge in [-0.3, -0.25) is 0 Å². The van der Waals surface area contributed by atoms with Crippen LogP contribution in [0, 0.1) is 6.92 Å². The zero-order valence-corrected chi connectivity index (χ0v) is 23.8. The van der Waals surface area contributed by atoms with Crippen LogP contribution in [-0.2, 0) is 0 Å². The second-order valence-electron chi connectivity index (χ2n) is 9.75. The highest BCUT2D eigenvalue weighted by atomic mass is 79.9. The number of ether oxygens (including phenoxy) is 1. The van der Waals surface area contributed by atoms with Gasteiger partial charge in [-0.25, -0.2) is 4.98 Å². The molecule has 1 aromatic heterocycles. The van der Waals surface area contributed by atoms with E-state index in [0.717, 1.165) is 60.4 Å². The fourth-order valence-corrected chi connectivity index (χ4v) is 5.16. The number of halogens is 1. The van der Waals surface area contributed by atoms with Crippen LogP contribution < -0.4 is 24.8 Å². The molecule has 3 aromatic rings. The van der Waals surface area contributed by atoms with Gasteiger partial charge in [-0.2, -0.15) is 4.98 Å². The Labute approximate surface area is 223 Å². The Morgan fingerprint density at radius 2 is 1.81 bits per heavy atom. The molecule has 0 unspecified atom stereocenters. The van der Waals surface area contributed by atoms with Gasteiger partial charge < -0.3 is 24.8 Å². The average molecular weight is 554 g/mol. The minimum atomic E-state index is -0.0896. The van der Waals surface area contributed by atoms with Gasteiger partial charge >= 0.3 is 0 Å². The molecule has 2 heterocycles. The molecule has 7 nitrogen and oxygen atoms in total. The third kappa shape index (κ3) is 5.53. The molecule has 36 heavy (non-hydrogen) atoms. The highest BCUT2D eigenvalue weighted by molar-refractivity contribution is 9.10. The lowest BCUT2D eigenvalue weighted by Crippen LogP contribution is -2.60. The number of nitrogens with zero attached hydrogens (tertiary/aromatic N) is 5. The van der Waals surface area contributed by atoms with Crippen molar-refractivity contribution in [1.29, 1.82) is 0 Å². The molecule has 1 fully saturated rings. The van der Waals surface area contributed by atoms with Gasteiger partial charge in [0.2, 0.25) is 5.95 Å². The van der Waals surface area contributed by atoms with Crippen LogP contribution in [0.15, 0.2) is 53.1 Å². The highest BCUT2D eigenvalue weighted by Gasteiger charge is 2.35. The summed E-state index contributed by atoms with van der Waals surface area (Å²) in [5.74, 6) is 2.38. The zero-order chi connectivity index (χ0) is 25.9. The van der Waals surface area contributed by atoms with Crippen LogP contribution in [-0.4, -0.2) is 55.3 Å². The van der Waals surface area contributed by atoms with Gasteiger partial charge in [-0.05, 0) is 98.6 Å². The number of hydrogen-bond donors (Lipinski definition) is 1. The van der Waals surface area contributed by atoms with Crippen molar-refractivity contribution in [3.63, 3.8) is 0 Å². The Bertz CT molecular complexity index is 1180. The third-order valence-electron chi connectivity index (χ3n) is 6.89. The highest BCUT2D eigenvalue weighted by Crippen LogP contribution is 2.33. The van der Waals surface area contributed by atoms with Crippen molar-refractivity contribution >= 4 is 44.8 Å². The van der Waals surface area contributed by atoms with E-state index in [4.69, 9.17) is 9.72 Å². The molecule has 0 bridgehead atoms. The normalized spacial score (nSPS) is 15.1. The maximum absolute atomic E-state index is 5.33. The van der Waals surface area contributed by atoms with Gasteiger partial charge in [0.25, 0.3) is 0 Å². The quantitative estimate of drug-likeness (QED) is 0.354. The standard InChI is InChI=1S/C28H37BrN6O/c1-7-33(8-2)22-11-14-25(20(3)17-22)31-26-24(29)18-30-27(32-26)34-15-16-35(28(4,5)19-34)21-9-12-23(36-6)13-10-21/h9-14,17-18H,7-8,15-16,19H2,1-6H3,(H,30,31,32). The van der Waals surface area contributed by atoms with E-state index in [1.165, 1.54) is 16.9 Å². The zero-order valence-electron chi connectivity index (χ0n) is 22.2. The maximum atomic E-state index is 5.33. The van der Waals surface area contributed by atoms with E-state index in [1.54, 1.807) is 7.11 Å². The molecule has 0 spiro atoms. The number of rotatable bonds is 8. The van der Waals surface area contributed by atoms with E-state index in [2.05, 4.69) is 106 Å². The third-order valence-corrected chi connectivity index (χ3v) is 7.47. The second kappa shape index (κ2) is 10.9. The van der Waals surface area contributed by atoms with Gasteiger partial charge in [-0.15, -0.1) is 0 Å². The van der Waals surface area contributed by atoms with Crippen LogP contribution in [0.3, 0.4) is 0 Å². The molecule has 2 aromatic carbocycles. The van der Waals surface area contributed by atoms with Crippen LogP contribution in [0.1, 0.15) is 33.3 Å². The predicted octanol–water partition coefficient (Wildman–Crippen LogP) is 6.25. The van der Waals surface area contributed by atoms with Crippen LogP contribution in [0.5, 0.6) is 5.75 Å². The molecular weight excluding hydrogens is 516 g/mol. The van der Waals surface area contributed by atoms with E-state index >= 15 is 0 Å². The molecule has 8 heteroatoms. The lowest BCUT2D eigenvalue weighted by molar-refractivity contribution is 0.408. The van der Waals surface area contributed by atoms with Gasteiger partial charge in [0.15, 0.2) is 0 Å². The molecule has 0 saturated carbocycles.